The normalized spacial score (nSPS) is 9.55. The zero-order valence-electron chi connectivity index (χ0n) is 5.91. The minimum absolute atomic E-state index is 0.144. The molecule has 0 fully saturated rings. The number of thiophene rings is 1. The third kappa shape index (κ3) is 2.69. The van der Waals surface area contributed by atoms with E-state index in [0.29, 0.717) is 6.42 Å². The lowest BCUT2D eigenvalue weighted by atomic mass is 10.3. The molecule has 0 radical (unpaired) electrons. The van der Waals surface area contributed by atoms with Gasteiger partial charge in [0, 0.05) is 4.88 Å². The second-order valence-electron chi connectivity index (χ2n) is 2.01. The maximum Gasteiger partial charge on any atom is 0.227 e. The SMILES string of the molecule is O=C(Cc1cccs1)NCO. The summed E-state index contributed by atoms with van der Waals surface area (Å²) in [7, 11) is 0. The van der Waals surface area contributed by atoms with Gasteiger partial charge in [0.1, 0.15) is 6.73 Å². The van der Waals surface area contributed by atoms with Crippen molar-refractivity contribution in [2.24, 2.45) is 0 Å². The van der Waals surface area contributed by atoms with Gasteiger partial charge in [-0.2, -0.15) is 0 Å². The summed E-state index contributed by atoms with van der Waals surface area (Å²) in [4.78, 5) is 11.9. The molecule has 0 saturated carbocycles. The Kier molecular flexibility index (Phi) is 3.07. The highest BCUT2D eigenvalue weighted by Gasteiger charge is 2.01. The predicted octanol–water partition coefficient (Wildman–Crippen LogP) is 0.357. The molecule has 1 aromatic rings. The molecular weight excluding hydrogens is 162 g/mol. The molecule has 1 heterocycles. The Balaban J connectivity index is 2.37. The molecule has 4 heteroatoms. The summed E-state index contributed by atoms with van der Waals surface area (Å²) in [6, 6.07) is 3.79. The first-order valence-electron chi connectivity index (χ1n) is 3.23. The monoisotopic (exact) mass is 171 g/mol. The Hall–Kier alpha value is -0.870. The Morgan fingerprint density at radius 1 is 1.73 bits per heavy atom. The van der Waals surface area contributed by atoms with Crippen LogP contribution in [0.2, 0.25) is 0 Å². The number of hydrogen-bond acceptors (Lipinski definition) is 3. The van der Waals surface area contributed by atoms with Gasteiger partial charge in [0.15, 0.2) is 0 Å². The van der Waals surface area contributed by atoms with Gasteiger partial charge in [-0.05, 0) is 11.4 Å². The van der Waals surface area contributed by atoms with Crippen LogP contribution in [0.1, 0.15) is 4.88 Å². The fraction of sp³-hybridized carbons (Fsp3) is 0.286. The van der Waals surface area contributed by atoms with Crippen LogP contribution >= 0.6 is 11.3 Å². The maximum atomic E-state index is 10.8. The quantitative estimate of drug-likeness (QED) is 0.645. The Morgan fingerprint density at radius 3 is 3.09 bits per heavy atom. The molecule has 0 unspecified atom stereocenters. The van der Waals surface area contributed by atoms with Crippen LogP contribution in [0, 0.1) is 0 Å². The number of carbonyl (C=O) groups excluding carboxylic acids is 1. The second kappa shape index (κ2) is 4.10. The average Bonchev–Trinajstić information content (AvgIpc) is 2.40. The third-order valence-electron chi connectivity index (χ3n) is 1.19. The molecule has 0 aliphatic heterocycles. The van der Waals surface area contributed by atoms with Gasteiger partial charge in [-0.1, -0.05) is 6.07 Å². The average molecular weight is 171 g/mol. The summed E-state index contributed by atoms with van der Waals surface area (Å²) < 4.78 is 0. The maximum absolute atomic E-state index is 10.8. The molecule has 2 N–H and O–H groups in total. The van der Waals surface area contributed by atoms with Crippen molar-refractivity contribution in [1.82, 2.24) is 5.32 Å². The van der Waals surface area contributed by atoms with E-state index in [2.05, 4.69) is 5.32 Å². The summed E-state index contributed by atoms with van der Waals surface area (Å²) in [6.07, 6.45) is 0.359. The number of nitrogens with one attached hydrogen (secondary N) is 1. The minimum Gasteiger partial charge on any atom is -0.377 e. The van der Waals surface area contributed by atoms with Crippen LogP contribution in [0.25, 0.3) is 0 Å². The molecule has 0 aromatic carbocycles. The van der Waals surface area contributed by atoms with Gasteiger partial charge >= 0.3 is 0 Å². The number of aliphatic hydroxyl groups excluding tert-OH is 1. The smallest absolute Gasteiger partial charge is 0.227 e. The fourth-order valence-corrected chi connectivity index (χ4v) is 1.43. The van der Waals surface area contributed by atoms with Crippen molar-refractivity contribution in [3.8, 4) is 0 Å². The molecule has 0 bridgehead atoms. The molecule has 0 atom stereocenters. The molecule has 0 aliphatic rings. The van der Waals surface area contributed by atoms with Crippen molar-refractivity contribution >= 4 is 17.2 Å². The first-order valence-corrected chi connectivity index (χ1v) is 4.11. The Morgan fingerprint density at radius 2 is 2.55 bits per heavy atom. The van der Waals surface area contributed by atoms with Gasteiger partial charge in [-0.3, -0.25) is 4.79 Å². The van der Waals surface area contributed by atoms with Crippen LogP contribution in [0.4, 0.5) is 0 Å². The molecule has 1 aromatic heterocycles. The molecule has 60 valence electrons. The van der Waals surface area contributed by atoms with E-state index >= 15 is 0 Å². The number of amides is 1. The first kappa shape index (κ1) is 8.23. The lowest BCUT2D eigenvalue weighted by Gasteiger charge is -1.97. The van der Waals surface area contributed by atoms with Gasteiger partial charge in [0.2, 0.25) is 5.91 Å². The lowest BCUT2D eigenvalue weighted by molar-refractivity contribution is -0.121. The standard InChI is InChI=1S/C7H9NO2S/c9-5-8-7(10)4-6-2-1-3-11-6/h1-3,9H,4-5H2,(H,8,10). The van der Waals surface area contributed by atoms with E-state index in [4.69, 9.17) is 5.11 Å². The van der Waals surface area contributed by atoms with Crippen molar-refractivity contribution in [1.29, 1.82) is 0 Å². The van der Waals surface area contributed by atoms with Crippen LogP contribution in [0.3, 0.4) is 0 Å². The molecule has 1 rings (SSSR count). The Bertz CT molecular complexity index is 220. The highest BCUT2D eigenvalue weighted by atomic mass is 32.1. The molecule has 0 aliphatic carbocycles. The van der Waals surface area contributed by atoms with Gasteiger partial charge in [-0.15, -0.1) is 11.3 Å². The largest absolute Gasteiger partial charge is 0.377 e. The summed E-state index contributed by atoms with van der Waals surface area (Å²) in [6.45, 7) is -0.287. The highest BCUT2D eigenvalue weighted by Crippen LogP contribution is 2.08. The number of hydrogen-bond donors (Lipinski definition) is 2. The first-order chi connectivity index (χ1) is 5.33. The molecule has 0 saturated heterocycles. The van der Waals surface area contributed by atoms with Crippen LogP contribution in [0.5, 0.6) is 0 Å². The zero-order chi connectivity index (χ0) is 8.10. The summed E-state index contributed by atoms with van der Waals surface area (Å²) in [5.74, 6) is -0.144. The summed E-state index contributed by atoms with van der Waals surface area (Å²) >= 11 is 1.53. The number of aliphatic hydroxyl groups is 1. The lowest BCUT2D eigenvalue weighted by Crippen LogP contribution is -2.25. The summed E-state index contributed by atoms with van der Waals surface area (Å²) in [5.41, 5.74) is 0. The van der Waals surface area contributed by atoms with E-state index < -0.39 is 0 Å². The van der Waals surface area contributed by atoms with E-state index in [1.807, 2.05) is 17.5 Å². The summed E-state index contributed by atoms with van der Waals surface area (Å²) in [5, 5.41) is 12.6. The highest BCUT2D eigenvalue weighted by molar-refractivity contribution is 7.10. The topological polar surface area (TPSA) is 49.3 Å². The van der Waals surface area contributed by atoms with E-state index in [1.165, 1.54) is 11.3 Å². The van der Waals surface area contributed by atoms with Crippen molar-refractivity contribution < 1.29 is 9.90 Å². The van der Waals surface area contributed by atoms with E-state index in [9.17, 15) is 4.79 Å². The number of carbonyl (C=O) groups is 1. The molecule has 11 heavy (non-hydrogen) atoms. The molecule has 0 spiro atoms. The number of rotatable bonds is 3. The molecule has 1 amide bonds. The van der Waals surface area contributed by atoms with Crippen molar-refractivity contribution in [2.45, 2.75) is 6.42 Å². The fourth-order valence-electron chi connectivity index (χ4n) is 0.722. The van der Waals surface area contributed by atoms with Crippen molar-refractivity contribution in [3.63, 3.8) is 0 Å². The van der Waals surface area contributed by atoms with E-state index in [0.717, 1.165) is 4.88 Å². The van der Waals surface area contributed by atoms with Gasteiger partial charge in [0.05, 0.1) is 6.42 Å². The van der Waals surface area contributed by atoms with Gasteiger partial charge in [0.25, 0.3) is 0 Å². The van der Waals surface area contributed by atoms with Crippen LogP contribution in [0.15, 0.2) is 17.5 Å². The zero-order valence-corrected chi connectivity index (χ0v) is 6.73. The molecule has 3 nitrogen and oxygen atoms in total. The van der Waals surface area contributed by atoms with Crippen molar-refractivity contribution in [2.75, 3.05) is 6.73 Å². The Labute approximate surface area is 68.7 Å². The van der Waals surface area contributed by atoms with E-state index in [-0.39, 0.29) is 12.6 Å². The van der Waals surface area contributed by atoms with E-state index in [1.54, 1.807) is 0 Å². The predicted molar refractivity (Wildman–Crippen MR) is 43.3 cm³/mol. The third-order valence-corrected chi connectivity index (χ3v) is 2.07. The minimum atomic E-state index is -0.287. The van der Waals surface area contributed by atoms with Gasteiger partial charge in [-0.25, -0.2) is 0 Å². The van der Waals surface area contributed by atoms with Crippen molar-refractivity contribution in [3.05, 3.63) is 22.4 Å². The van der Waals surface area contributed by atoms with Gasteiger partial charge < -0.3 is 10.4 Å². The van der Waals surface area contributed by atoms with Crippen LogP contribution in [-0.2, 0) is 11.2 Å². The van der Waals surface area contributed by atoms with Crippen LogP contribution < -0.4 is 5.32 Å². The second-order valence-corrected chi connectivity index (χ2v) is 3.05. The molecular formula is C7H9NO2S. The van der Waals surface area contributed by atoms with Crippen LogP contribution in [-0.4, -0.2) is 17.7 Å².